The highest BCUT2D eigenvalue weighted by Crippen LogP contribution is 2.27. The maximum Gasteiger partial charge on any atom is 0.186 e. The van der Waals surface area contributed by atoms with E-state index in [-0.39, 0.29) is 4.90 Å². The standard InChI is InChI=1S/C12H14FNO3S/c13-9-5-7-10(8-6-9)18(16,17)12-4-2-1-3-11(12)14-15/h5-8,12,15H,1-4H2/b14-11+. The van der Waals surface area contributed by atoms with Crippen molar-refractivity contribution < 1.29 is 18.0 Å². The van der Waals surface area contributed by atoms with Gasteiger partial charge in [0.2, 0.25) is 0 Å². The quantitative estimate of drug-likeness (QED) is 0.510. The molecule has 18 heavy (non-hydrogen) atoms. The van der Waals surface area contributed by atoms with E-state index in [0.29, 0.717) is 18.6 Å². The van der Waals surface area contributed by atoms with Crippen molar-refractivity contribution in [2.45, 2.75) is 35.8 Å². The zero-order valence-corrected chi connectivity index (χ0v) is 10.5. The van der Waals surface area contributed by atoms with Crippen molar-refractivity contribution >= 4 is 15.5 Å². The summed E-state index contributed by atoms with van der Waals surface area (Å²) in [7, 11) is -3.60. The lowest BCUT2D eigenvalue weighted by atomic mass is 9.98. The number of sulfone groups is 1. The summed E-state index contributed by atoms with van der Waals surface area (Å²) in [6, 6.07) is 4.72. The Morgan fingerprint density at radius 3 is 2.50 bits per heavy atom. The summed E-state index contributed by atoms with van der Waals surface area (Å²) < 4.78 is 37.5. The van der Waals surface area contributed by atoms with E-state index in [1.54, 1.807) is 0 Å². The molecule has 1 saturated carbocycles. The molecule has 0 radical (unpaired) electrons. The molecule has 1 aromatic rings. The zero-order chi connectivity index (χ0) is 13.2. The first-order valence-electron chi connectivity index (χ1n) is 5.76. The van der Waals surface area contributed by atoms with Gasteiger partial charge in [-0.15, -0.1) is 0 Å². The van der Waals surface area contributed by atoms with Crippen LogP contribution < -0.4 is 0 Å². The molecule has 0 aliphatic heterocycles. The Morgan fingerprint density at radius 2 is 1.89 bits per heavy atom. The average molecular weight is 271 g/mol. The van der Waals surface area contributed by atoms with Gasteiger partial charge >= 0.3 is 0 Å². The second-order valence-electron chi connectivity index (χ2n) is 4.32. The molecule has 1 aliphatic carbocycles. The molecule has 0 bridgehead atoms. The van der Waals surface area contributed by atoms with Gasteiger partial charge in [-0.05, 0) is 43.5 Å². The highest BCUT2D eigenvalue weighted by atomic mass is 32.2. The van der Waals surface area contributed by atoms with Crippen LogP contribution in [0.1, 0.15) is 25.7 Å². The van der Waals surface area contributed by atoms with Crippen LogP contribution in [-0.2, 0) is 9.84 Å². The van der Waals surface area contributed by atoms with E-state index in [1.165, 1.54) is 12.1 Å². The normalized spacial score (nSPS) is 23.2. The van der Waals surface area contributed by atoms with Crippen LogP contribution in [0.25, 0.3) is 0 Å². The number of rotatable bonds is 2. The summed E-state index contributed by atoms with van der Waals surface area (Å²) in [6.07, 6.45) is 2.54. The van der Waals surface area contributed by atoms with Gasteiger partial charge in [0.15, 0.2) is 9.84 Å². The van der Waals surface area contributed by atoms with Crippen LogP contribution in [0.3, 0.4) is 0 Å². The number of hydrogen-bond donors (Lipinski definition) is 1. The highest BCUT2D eigenvalue weighted by Gasteiger charge is 2.34. The largest absolute Gasteiger partial charge is 0.411 e. The number of hydrogen-bond acceptors (Lipinski definition) is 4. The third kappa shape index (κ3) is 2.38. The van der Waals surface area contributed by atoms with E-state index < -0.39 is 20.9 Å². The van der Waals surface area contributed by atoms with Crippen molar-refractivity contribution in [1.82, 2.24) is 0 Å². The maximum atomic E-state index is 12.8. The smallest absolute Gasteiger partial charge is 0.186 e. The van der Waals surface area contributed by atoms with Crippen LogP contribution in [0.4, 0.5) is 4.39 Å². The molecule has 1 N–H and O–H groups in total. The zero-order valence-electron chi connectivity index (χ0n) is 9.71. The van der Waals surface area contributed by atoms with Crippen molar-refractivity contribution in [2.24, 2.45) is 5.16 Å². The van der Waals surface area contributed by atoms with Gasteiger partial charge in [-0.2, -0.15) is 0 Å². The molecule has 6 heteroatoms. The van der Waals surface area contributed by atoms with Crippen molar-refractivity contribution in [2.75, 3.05) is 0 Å². The second-order valence-corrected chi connectivity index (χ2v) is 6.46. The molecule has 1 aromatic carbocycles. The summed E-state index contributed by atoms with van der Waals surface area (Å²) in [4.78, 5) is 0.0666. The van der Waals surface area contributed by atoms with Crippen LogP contribution in [0.2, 0.25) is 0 Å². The Hall–Kier alpha value is -1.43. The monoisotopic (exact) mass is 271 g/mol. The van der Waals surface area contributed by atoms with Crippen molar-refractivity contribution in [1.29, 1.82) is 0 Å². The Bertz CT molecular complexity index is 551. The lowest BCUT2D eigenvalue weighted by molar-refractivity contribution is 0.314. The summed E-state index contributed by atoms with van der Waals surface area (Å²) in [5, 5.41) is 11.2. The van der Waals surface area contributed by atoms with E-state index >= 15 is 0 Å². The molecule has 1 atom stereocenters. The predicted octanol–water partition coefficient (Wildman–Crippen LogP) is 2.37. The molecular weight excluding hydrogens is 257 g/mol. The van der Waals surface area contributed by atoms with Gasteiger partial charge in [0.1, 0.15) is 11.1 Å². The lowest BCUT2D eigenvalue weighted by Crippen LogP contribution is -2.33. The first kappa shape index (κ1) is 13.0. The van der Waals surface area contributed by atoms with Gasteiger partial charge in [-0.25, -0.2) is 12.8 Å². The fourth-order valence-electron chi connectivity index (χ4n) is 2.20. The van der Waals surface area contributed by atoms with Gasteiger partial charge in [-0.1, -0.05) is 11.6 Å². The van der Waals surface area contributed by atoms with Crippen molar-refractivity contribution in [3.05, 3.63) is 30.1 Å². The molecule has 1 fully saturated rings. The van der Waals surface area contributed by atoms with Gasteiger partial charge in [-0.3, -0.25) is 0 Å². The van der Waals surface area contributed by atoms with Crippen LogP contribution in [0.15, 0.2) is 34.3 Å². The van der Waals surface area contributed by atoms with E-state index in [2.05, 4.69) is 5.16 Å². The molecule has 0 saturated heterocycles. The van der Waals surface area contributed by atoms with Gasteiger partial charge in [0.05, 0.1) is 10.6 Å². The Morgan fingerprint density at radius 1 is 1.22 bits per heavy atom. The molecular formula is C12H14FNO3S. The maximum absolute atomic E-state index is 12.8. The fraction of sp³-hybridized carbons (Fsp3) is 0.417. The summed E-state index contributed by atoms with van der Waals surface area (Å²) >= 11 is 0. The van der Waals surface area contributed by atoms with E-state index in [1.807, 2.05) is 0 Å². The van der Waals surface area contributed by atoms with Gasteiger partial charge < -0.3 is 5.21 Å². The molecule has 1 aliphatic rings. The molecule has 0 spiro atoms. The first-order chi connectivity index (χ1) is 8.55. The Balaban J connectivity index is 2.38. The Labute approximate surface area is 105 Å². The summed E-state index contributed by atoms with van der Waals surface area (Å²) in [5.41, 5.74) is 0.297. The van der Waals surface area contributed by atoms with Crippen LogP contribution in [-0.4, -0.2) is 24.6 Å². The molecule has 0 amide bonds. The molecule has 0 heterocycles. The van der Waals surface area contributed by atoms with Crippen LogP contribution in [0.5, 0.6) is 0 Å². The van der Waals surface area contributed by atoms with Gasteiger partial charge in [0, 0.05) is 0 Å². The van der Waals surface area contributed by atoms with E-state index in [4.69, 9.17) is 5.21 Å². The van der Waals surface area contributed by atoms with Crippen LogP contribution >= 0.6 is 0 Å². The van der Waals surface area contributed by atoms with Crippen LogP contribution in [0, 0.1) is 5.82 Å². The topological polar surface area (TPSA) is 66.7 Å². The molecule has 0 aromatic heterocycles. The number of benzene rings is 1. The second kappa shape index (κ2) is 5.06. The van der Waals surface area contributed by atoms with E-state index in [9.17, 15) is 12.8 Å². The van der Waals surface area contributed by atoms with Crippen molar-refractivity contribution in [3.8, 4) is 0 Å². The minimum Gasteiger partial charge on any atom is -0.411 e. The lowest BCUT2D eigenvalue weighted by Gasteiger charge is -2.22. The van der Waals surface area contributed by atoms with Crippen molar-refractivity contribution in [3.63, 3.8) is 0 Å². The summed E-state index contributed by atoms with van der Waals surface area (Å²) in [6.45, 7) is 0. The number of halogens is 1. The predicted molar refractivity (Wildman–Crippen MR) is 65.1 cm³/mol. The first-order valence-corrected chi connectivity index (χ1v) is 7.30. The third-order valence-corrected chi connectivity index (χ3v) is 5.35. The number of oxime groups is 1. The minimum atomic E-state index is -3.60. The molecule has 4 nitrogen and oxygen atoms in total. The highest BCUT2D eigenvalue weighted by molar-refractivity contribution is 7.92. The number of nitrogens with zero attached hydrogens (tertiary/aromatic N) is 1. The minimum absolute atomic E-state index is 0.0666. The molecule has 2 rings (SSSR count). The molecule has 98 valence electrons. The molecule has 1 unspecified atom stereocenters. The fourth-order valence-corrected chi connectivity index (χ4v) is 4.04. The SMILES string of the molecule is O=S(=O)(c1ccc(F)cc1)C1CCCC/C1=N\O. The van der Waals surface area contributed by atoms with Gasteiger partial charge in [0.25, 0.3) is 0 Å². The third-order valence-electron chi connectivity index (χ3n) is 3.17. The Kier molecular flexibility index (Phi) is 3.65. The summed E-state index contributed by atoms with van der Waals surface area (Å²) in [5.74, 6) is -0.478. The van der Waals surface area contributed by atoms with E-state index in [0.717, 1.165) is 25.0 Å². The average Bonchev–Trinajstić information content (AvgIpc) is 2.39.